The lowest BCUT2D eigenvalue weighted by atomic mass is 9.80. The number of aromatic nitrogens is 1. The lowest BCUT2D eigenvalue weighted by molar-refractivity contribution is 0.658. The van der Waals surface area contributed by atoms with Crippen molar-refractivity contribution in [2.75, 3.05) is 0 Å². The van der Waals surface area contributed by atoms with Gasteiger partial charge in [-0.3, -0.25) is 4.98 Å². The zero-order valence-corrected chi connectivity index (χ0v) is 14.3. The van der Waals surface area contributed by atoms with Gasteiger partial charge in [-0.2, -0.15) is 0 Å². The number of rotatable bonds is 4. The highest BCUT2D eigenvalue weighted by Crippen LogP contribution is 2.39. The first-order valence-electron chi connectivity index (χ1n) is 8.57. The predicted molar refractivity (Wildman–Crippen MR) is 100 cm³/mol. The Bertz CT molecular complexity index is 787. The van der Waals surface area contributed by atoms with Crippen LogP contribution in [0.5, 0.6) is 0 Å². The minimum absolute atomic E-state index is 0.528. The minimum Gasteiger partial charge on any atom is -0.256 e. The zero-order valence-electron chi connectivity index (χ0n) is 14.3. The molecule has 1 aliphatic carbocycles. The summed E-state index contributed by atoms with van der Waals surface area (Å²) in [5.74, 6) is 0.528. The fraction of sp³-hybridized carbons (Fsp3) is 0.318. The van der Waals surface area contributed by atoms with Gasteiger partial charge in [0, 0.05) is 11.6 Å². The molecule has 0 radical (unpaired) electrons. The van der Waals surface area contributed by atoms with Gasteiger partial charge in [-0.1, -0.05) is 60.6 Å². The molecular formula is C22H25N. The smallest absolute Gasteiger partial charge is 0.0743 e. The first-order chi connectivity index (χ1) is 11.2. The maximum absolute atomic E-state index is 4.75. The van der Waals surface area contributed by atoms with Crippen LogP contribution in [-0.4, -0.2) is 4.98 Å². The quantitative estimate of drug-likeness (QED) is 0.601. The Kier molecular flexibility index (Phi) is 4.76. The van der Waals surface area contributed by atoms with Gasteiger partial charge in [0.1, 0.15) is 0 Å². The van der Waals surface area contributed by atoms with Crippen LogP contribution in [0.1, 0.15) is 45.7 Å². The van der Waals surface area contributed by atoms with Gasteiger partial charge in [0.05, 0.1) is 5.69 Å². The Morgan fingerprint density at radius 3 is 2.78 bits per heavy atom. The van der Waals surface area contributed by atoms with Gasteiger partial charge >= 0.3 is 0 Å². The summed E-state index contributed by atoms with van der Waals surface area (Å²) in [5, 5.41) is 2.53. The van der Waals surface area contributed by atoms with E-state index in [1.54, 1.807) is 0 Å². The van der Waals surface area contributed by atoms with E-state index in [-0.39, 0.29) is 0 Å². The van der Waals surface area contributed by atoms with Gasteiger partial charge in [0.15, 0.2) is 0 Å². The molecule has 0 aliphatic heterocycles. The number of hydrogen-bond acceptors (Lipinski definition) is 1. The van der Waals surface area contributed by atoms with Crippen LogP contribution >= 0.6 is 0 Å². The largest absolute Gasteiger partial charge is 0.256 e. The van der Waals surface area contributed by atoms with Gasteiger partial charge in [0.2, 0.25) is 0 Å². The molecule has 1 unspecified atom stereocenters. The number of nitrogens with zero attached hydrogens (tertiary/aromatic N) is 1. The van der Waals surface area contributed by atoms with Crippen LogP contribution < -0.4 is 0 Å². The van der Waals surface area contributed by atoms with Crippen molar-refractivity contribution in [2.45, 2.75) is 40.0 Å². The van der Waals surface area contributed by atoms with E-state index in [1.165, 1.54) is 27.5 Å². The van der Waals surface area contributed by atoms with E-state index in [0.29, 0.717) is 5.92 Å². The second-order valence-electron chi connectivity index (χ2n) is 6.46. The maximum atomic E-state index is 4.75. The highest BCUT2D eigenvalue weighted by atomic mass is 14.7. The molecule has 1 heterocycles. The number of pyridine rings is 1. The second kappa shape index (κ2) is 6.95. The van der Waals surface area contributed by atoms with Crippen molar-refractivity contribution in [3.63, 3.8) is 0 Å². The molecule has 1 heteroatoms. The van der Waals surface area contributed by atoms with Gasteiger partial charge in [-0.05, 0) is 56.1 Å². The van der Waals surface area contributed by atoms with Crippen molar-refractivity contribution >= 4 is 16.3 Å². The van der Waals surface area contributed by atoms with Crippen molar-refractivity contribution in [3.8, 4) is 0 Å². The number of fused-ring (bicyclic) bond motifs is 1. The van der Waals surface area contributed by atoms with Gasteiger partial charge < -0.3 is 0 Å². The normalized spacial score (nSPS) is 18.7. The lowest BCUT2D eigenvalue weighted by Crippen LogP contribution is -2.10. The van der Waals surface area contributed by atoms with Gasteiger partial charge in [-0.15, -0.1) is 0 Å². The molecule has 2 aromatic rings. The van der Waals surface area contributed by atoms with Crippen LogP contribution in [0.3, 0.4) is 0 Å². The molecule has 0 amide bonds. The van der Waals surface area contributed by atoms with Crippen LogP contribution in [0.15, 0.2) is 65.9 Å². The summed E-state index contributed by atoms with van der Waals surface area (Å²) in [7, 11) is 0. The van der Waals surface area contributed by atoms with E-state index < -0.39 is 0 Å². The fourth-order valence-electron chi connectivity index (χ4n) is 3.36. The second-order valence-corrected chi connectivity index (χ2v) is 6.46. The Morgan fingerprint density at radius 2 is 1.96 bits per heavy atom. The molecule has 0 saturated heterocycles. The minimum atomic E-state index is 0.528. The average Bonchev–Trinajstić information content (AvgIpc) is 2.57. The molecule has 1 aromatic carbocycles. The third-order valence-corrected chi connectivity index (χ3v) is 4.81. The standard InChI is InChI=1S/C22H25N/c1-4-5-6-10-19-14-16(2)17(3)15-21(19)22-20-11-8-7-9-18(20)12-13-23-22/h5-9,11-13,15,19H,4,10,14H2,1-3H3. The highest BCUT2D eigenvalue weighted by molar-refractivity contribution is 5.93. The Balaban J connectivity index is 2.08. The van der Waals surface area contributed by atoms with E-state index in [1.807, 2.05) is 6.20 Å². The van der Waals surface area contributed by atoms with Crippen molar-refractivity contribution < 1.29 is 0 Å². The highest BCUT2D eigenvalue weighted by Gasteiger charge is 2.22. The summed E-state index contributed by atoms with van der Waals surface area (Å²) in [6, 6.07) is 10.7. The molecule has 23 heavy (non-hydrogen) atoms. The molecular weight excluding hydrogens is 278 g/mol. The van der Waals surface area contributed by atoms with Crippen LogP contribution in [0.2, 0.25) is 0 Å². The summed E-state index contributed by atoms with van der Waals surface area (Å²) in [6.07, 6.45) is 12.2. The first-order valence-corrected chi connectivity index (χ1v) is 8.57. The number of benzene rings is 1. The molecule has 1 aliphatic rings. The topological polar surface area (TPSA) is 12.9 Å². The van der Waals surface area contributed by atoms with E-state index in [4.69, 9.17) is 4.98 Å². The predicted octanol–water partition coefficient (Wildman–Crippen LogP) is 6.33. The van der Waals surface area contributed by atoms with Crippen molar-refractivity contribution in [1.82, 2.24) is 4.98 Å². The summed E-state index contributed by atoms with van der Waals surface area (Å²) in [4.78, 5) is 4.75. The third-order valence-electron chi connectivity index (χ3n) is 4.81. The molecule has 1 atom stereocenters. The van der Waals surface area contributed by atoms with Crippen LogP contribution in [0, 0.1) is 5.92 Å². The summed E-state index contributed by atoms with van der Waals surface area (Å²) >= 11 is 0. The van der Waals surface area contributed by atoms with E-state index in [2.05, 4.69) is 69.3 Å². The number of hydrogen-bond donors (Lipinski definition) is 0. The van der Waals surface area contributed by atoms with Crippen LogP contribution in [0.4, 0.5) is 0 Å². The van der Waals surface area contributed by atoms with Crippen molar-refractivity contribution in [1.29, 1.82) is 0 Å². The Labute approximate surface area is 139 Å². The molecule has 0 bridgehead atoms. The average molecular weight is 303 g/mol. The third kappa shape index (κ3) is 3.29. The summed E-state index contributed by atoms with van der Waals surface area (Å²) in [6.45, 7) is 6.67. The zero-order chi connectivity index (χ0) is 16.2. The monoisotopic (exact) mass is 303 g/mol. The van der Waals surface area contributed by atoms with Crippen LogP contribution in [-0.2, 0) is 0 Å². The molecule has 0 fully saturated rings. The van der Waals surface area contributed by atoms with E-state index in [9.17, 15) is 0 Å². The molecule has 0 spiro atoms. The van der Waals surface area contributed by atoms with Crippen molar-refractivity contribution in [3.05, 3.63) is 71.6 Å². The summed E-state index contributed by atoms with van der Waals surface area (Å²) in [5.41, 5.74) is 5.45. The fourth-order valence-corrected chi connectivity index (χ4v) is 3.36. The van der Waals surface area contributed by atoms with E-state index >= 15 is 0 Å². The maximum Gasteiger partial charge on any atom is 0.0743 e. The molecule has 0 saturated carbocycles. The van der Waals surface area contributed by atoms with Gasteiger partial charge in [-0.25, -0.2) is 0 Å². The Hall–Kier alpha value is -2.15. The first kappa shape index (κ1) is 15.7. The summed E-state index contributed by atoms with van der Waals surface area (Å²) < 4.78 is 0. The Morgan fingerprint density at radius 1 is 1.13 bits per heavy atom. The molecule has 1 aromatic heterocycles. The lowest BCUT2D eigenvalue weighted by Gasteiger charge is -2.25. The molecule has 118 valence electrons. The molecule has 1 nitrogen and oxygen atoms in total. The van der Waals surface area contributed by atoms with Gasteiger partial charge in [0.25, 0.3) is 0 Å². The van der Waals surface area contributed by atoms with E-state index in [0.717, 1.165) is 25.0 Å². The SMILES string of the molecule is CCC=CCC1CC(C)=C(C)C=C1c1nccc2ccccc12. The number of allylic oxidation sites excluding steroid dienone is 6. The molecule has 0 N–H and O–H groups in total. The van der Waals surface area contributed by atoms with Crippen LogP contribution in [0.25, 0.3) is 16.3 Å². The van der Waals surface area contributed by atoms with Crippen molar-refractivity contribution in [2.24, 2.45) is 5.92 Å². The molecule has 3 rings (SSSR count).